The van der Waals surface area contributed by atoms with Gasteiger partial charge in [0.15, 0.2) is 0 Å². The van der Waals surface area contributed by atoms with Crippen molar-refractivity contribution in [2.45, 2.75) is 25.0 Å². The second-order valence-electron chi connectivity index (χ2n) is 4.42. The topological polar surface area (TPSA) is 67.5 Å². The quantitative estimate of drug-likeness (QED) is 0.698. The van der Waals surface area contributed by atoms with Crippen LogP contribution in [0.4, 0.5) is 15.8 Å². The maximum Gasteiger partial charge on any atom is 0.148 e. The molecule has 2 unspecified atom stereocenters. The number of ether oxygens (including phenoxy) is 1. The van der Waals surface area contributed by atoms with Gasteiger partial charge in [-0.15, -0.1) is 0 Å². The average Bonchev–Trinajstić information content (AvgIpc) is 2.62. The Morgan fingerprint density at radius 1 is 1.65 bits per heavy atom. The van der Waals surface area contributed by atoms with E-state index in [-0.39, 0.29) is 11.8 Å². The smallest absolute Gasteiger partial charge is 0.148 e. The van der Waals surface area contributed by atoms with Gasteiger partial charge in [0.25, 0.3) is 0 Å². The zero-order valence-corrected chi connectivity index (χ0v) is 9.74. The average molecular weight is 240 g/mol. The highest BCUT2D eigenvalue weighted by atomic mass is 19.1. The van der Waals surface area contributed by atoms with Crippen LogP contribution in [0.25, 0.3) is 0 Å². The fourth-order valence-corrected chi connectivity index (χ4v) is 1.94. The van der Waals surface area contributed by atoms with Gasteiger partial charge in [-0.1, -0.05) is 6.07 Å². The summed E-state index contributed by atoms with van der Waals surface area (Å²) in [6.07, 6.45) is 0.334. The first-order valence-electron chi connectivity index (χ1n) is 5.65. The molecule has 4 N–H and O–H groups in total. The zero-order valence-electron chi connectivity index (χ0n) is 9.74. The molecule has 94 valence electrons. The van der Waals surface area contributed by atoms with E-state index < -0.39 is 11.4 Å². The maximum atomic E-state index is 13.2. The van der Waals surface area contributed by atoms with Gasteiger partial charge in [0.05, 0.1) is 17.5 Å². The van der Waals surface area contributed by atoms with Crippen LogP contribution in [0.15, 0.2) is 18.2 Å². The van der Waals surface area contributed by atoms with Crippen molar-refractivity contribution in [3.05, 3.63) is 24.0 Å². The van der Waals surface area contributed by atoms with Crippen molar-refractivity contribution in [3.8, 4) is 0 Å². The molecule has 1 aromatic rings. The number of hydrogen-bond donors (Lipinski definition) is 3. The summed E-state index contributed by atoms with van der Waals surface area (Å²) in [5.41, 5.74) is 5.25. The first-order valence-corrected chi connectivity index (χ1v) is 5.65. The van der Waals surface area contributed by atoms with E-state index in [9.17, 15) is 9.50 Å². The Balaban J connectivity index is 2.05. The highest BCUT2D eigenvalue weighted by Gasteiger charge is 2.39. The SMILES string of the molecule is CC1OCCC1(O)CNc1cccc(F)c1N. The van der Waals surface area contributed by atoms with Crippen LogP contribution < -0.4 is 11.1 Å². The molecule has 0 bridgehead atoms. The Morgan fingerprint density at radius 2 is 2.41 bits per heavy atom. The lowest BCUT2D eigenvalue weighted by Gasteiger charge is -2.27. The molecule has 0 aromatic heterocycles. The highest BCUT2D eigenvalue weighted by molar-refractivity contribution is 5.66. The molecule has 1 saturated heterocycles. The molecule has 2 rings (SSSR count). The number of rotatable bonds is 3. The van der Waals surface area contributed by atoms with Crippen molar-refractivity contribution in [1.29, 1.82) is 0 Å². The fraction of sp³-hybridized carbons (Fsp3) is 0.500. The van der Waals surface area contributed by atoms with Gasteiger partial charge >= 0.3 is 0 Å². The van der Waals surface area contributed by atoms with E-state index in [4.69, 9.17) is 10.5 Å². The number of hydrogen-bond acceptors (Lipinski definition) is 4. The van der Waals surface area contributed by atoms with Crippen LogP contribution in [-0.2, 0) is 4.74 Å². The molecule has 0 aliphatic carbocycles. The summed E-state index contributed by atoms with van der Waals surface area (Å²) in [4.78, 5) is 0. The van der Waals surface area contributed by atoms with Crippen LogP contribution in [0.1, 0.15) is 13.3 Å². The van der Waals surface area contributed by atoms with Gasteiger partial charge in [-0.05, 0) is 19.1 Å². The summed E-state index contributed by atoms with van der Waals surface area (Å²) in [5, 5.41) is 13.2. The van der Waals surface area contributed by atoms with E-state index in [1.807, 2.05) is 6.92 Å². The first-order chi connectivity index (χ1) is 8.03. The van der Waals surface area contributed by atoms with Crippen LogP contribution in [0, 0.1) is 5.82 Å². The van der Waals surface area contributed by atoms with Crippen LogP contribution >= 0.6 is 0 Å². The second kappa shape index (κ2) is 4.50. The first kappa shape index (κ1) is 12.1. The summed E-state index contributed by atoms with van der Waals surface area (Å²) in [5.74, 6) is -0.460. The standard InChI is InChI=1S/C12H17FN2O2/c1-8-12(16,5-6-17-8)7-15-10-4-2-3-9(13)11(10)14/h2-4,8,15-16H,5-7,14H2,1H3. The number of anilines is 2. The minimum absolute atomic E-state index is 0.0719. The van der Waals surface area contributed by atoms with E-state index in [2.05, 4.69) is 5.32 Å². The van der Waals surface area contributed by atoms with Gasteiger partial charge in [-0.3, -0.25) is 0 Å². The number of aliphatic hydroxyl groups is 1. The van der Waals surface area contributed by atoms with E-state index in [1.165, 1.54) is 6.07 Å². The molecular formula is C12H17FN2O2. The van der Waals surface area contributed by atoms with Crippen LogP contribution in [0.2, 0.25) is 0 Å². The van der Waals surface area contributed by atoms with E-state index in [0.29, 0.717) is 25.3 Å². The number of halogens is 1. The molecule has 1 fully saturated rings. The number of benzene rings is 1. The number of para-hydroxylation sites is 1. The molecule has 5 heteroatoms. The van der Waals surface area contributed by atoms with Crippen molar-refractivity contribution in [2.24, 2.45) is 0 Å². The van der Waals surface area contributed by atoms with Gasteiger partial charge in [-0.2, -0.15) is 0 Å². The Bertz CT molecular complexity index is 413. The monoisotopic (exact) mass is 240 g/mol. The van der Waals surface area contributed by atoms with Crippen LogP contribution in [0.3, 0.4) is 0 Å². The molecule has 2 atom stereocenters. The second-order valence-corrected chi connectivity index (χ2v) is 4.42. The summed E-state index contributed by atoms with van der Waals surface area (Å²) >= 11 is 0. The molecule has 4 nitrogen and oxygen atoms in total. The van der Waals surface area contributed by atoms with Gasteiger partial charge in [0.2, 0.25) is 0 Å². The minimum atomic E-state index is -0.918. The molecule has 0 amide bonds. The van der Waals surface area contributed by atoms with Crippen molar-refractivity contribution in [3.63, 3.8) is 0 Å². The number of nitrogens with one attached hydrogen (secondary N) is 1. The van der Waals surface area contributed by atoms with Gasteiger partial charge in [0.1, 0.15) is 11.4 Å². The van der Waals surface area contributed by atoms with Crippen LogP contribution in [-0.4, -0.2) is 30.0 Å². The Morgan fingerprint density at radius 3 is 3.06 bits per heavy atom. The summed E-state index contributed by atoms with van der Waals surface area (Å²) in [6, 6.07) is 4.56. The predicted molar refractivity (Wildman–Crippen MR) is 64.3 cm³/mol. The Kier molecular flexibility index (Phi) is 3.22. The van der Waals surface area contributed by atoms with E-state index in [0.717, 1.165) is 0 Å². The lowest BCUT2D eigenvalue weighted by molar-refractivity contribution is -0.0175. The number of nitrogens with two attached hydrogens (primary N) is 1. The predicted octanol–water partition coefficient (Wildman–Crippen LogP) is 1.36. The van der Waals surface area contributed by atoms with Gasteiger partial charge in [-0.25, -0.2) is 4.39 Å². The van der Waals surface area contributed by atoms with Crippen LogP contribution in [0.5, 0.6) is 0 Å². The molecular weight excluding hydrogens is 223 g/mol. The molecule has 17 heavy (non-hydrogen) atoms. The Labute approximate surface area is 99.6 Å². The van der Waals surface area contributed by atoms with E-state index >= 15 is 0 Å². The Hall–Kier alpha value is -1.33. The highest BCUT2D eigenvalue weighted by Crippen LogP contribution is 2.28. The van der Waals surface area contributed by atoms with Gasteiger partial charge in [0, 0.05) is 19.6 Å². The molecule has 0 spiro atoms. The normalized spacial score (nSPS) is 28.3. The lowest BCUT2D eigenvalue weighted by atomic mass is 9.96. The third-order valence-corrected chi connectivity index (χ3v) is 3.30. The van der Waals surface area contributed by atoms with E-state index in [1.54, 1.807) is 12.1 Å². The molecule has 0 saturated carbocycles. The van der Waals surface area contributed by atoms with Crippen molar-refractivity contribution < 1.29 is 14.2 Å². The maximum absolute atomic E-state index is 13.2. The number of nitrogen functional groups attached to an aromatic ring is 1. The fourth-order valence-electron chi connectivity index (χ4n) is 1.94. The molecule has 0 radical (unpaired) electrons. The third kappa shape index (κ3) is 2.35. The molecule has 1 aliphatic heterocycles. The summed E-state index contributed by atoms with van der Waals surface area (Å²) < 4.78 is 18.5. The van der Waals surface area contributed by atoms with Crippen molar-refractivity contribution in [2.75, 3.05) is 24.2 Å². The zero-order chi connectivity index (χ0) is 12.5. The lowest BCUT2D eigenvalue weighted by Crippen LogP contribution is -2.43. The minimum Gasteiger partial charge on any atom is -0.395 e. The van der Waals surface area contributed by atoms with Crippen molar-refractivity contribution in [1.82, 2.24) is 0 Å². The van der Waals surface area contributed by atoms with Crippen molar-refractivity contribution >= 4 is 11.4 Å². The molecule has 1 aliphatic rings. The largest absolute Gasteiger partial charge is 0.395 e. The summed E-state index contributed by atoms with van der Waals surface area (Å²) in [6.45, 7) is 2.66. The summed E-state index contributed by atoms with van der Waals surface area (Å²) in [7, 11) is 0. The molecule has 1 heterocycles. The third-order valence-electron chi connectivity index (χ3n) is 3.30. The van der Waals surface area contributed by atoms with Gasteiger partial charge < -0.3 is 20.9 Å². The molecule has 1 aromatic carbocycles.